The summed E-state index contributed by atoms with van der Waals surface area (Å²) in [5.41, 5.74) is 3.68. The van der Waals surface area contributed by atoms with Gasteiger partial charge in [-0.05, 0) is 43.0 Å². The summed E-state index contributed by atoms with van der Waals surface area (Å²) in [6, 6.07) is 17.8. The normalized spacial score (nSPS) is 13.1. The molecule has 2 atom stereocenters. The quantitative estimate of drug-likeness (QED) is 0.311. The maximum Gasteiger partial charge on any atom is 0.237 e. The van der Waals surface area contributed by atoms with Gasteiger partial charge >= 0.3 is 0 Å². The molecule has 0 saturated carbocycles. The van der Waals surface area contributed by atoms with Gasteiger partial charge in [-0.2, -0.15) is 5.10 Å². The molecular formula is C24H25N5OS. The highest BCUT2D eigenvalue weighted by atomic mass is 32.2. The van der Waals surface area contributed by atoms with E-state index < -0.39 is 0 Å². The highest BCUT2D eigenvalue weighted by Gasteiger charge is 2.20. The molecule has 1 amide bonds. The highest BCUT2D eigenvalue weighted by Crippen LogP contribution is 2.31. The largest absolute Gasteiger partial charge is 0.325 e. The number of aromatic nitrogens is 4. The third-order valence-corrected chi connectivity index (χ3v) is 6.47. The molecule has 0 aliphatic heterocycles. The summed E-state index contributed by atoms with van der Waals surface area (Å²) >= 11 is 1.41. The first-order valence-electron chi connectivity index (χ1n) is 10.4. The second-order valence-corrected chi connectivity index (χ2v) is 8.78. The van der Waals surface area contributed by atoms with Crippen molar-refractivity contribution in [3.8, 4) is 5.69 Å². The molecule has 4 aromatic rings. The fourth-order valence-corrected chi connectivity index (χ4v) is 4.27. The van der Waals surface area contributed by atoms with Gasteiger partial charge in [-0.15, -0.1) is 0 Å². The smallest absolute Gasteiger partial charge is 0.237 e. The molecule has 1 N–H and O–H groups in total. The predicted octanol–water partition coefficient (Wildman–Crippen LogP) is 5.45. The fraction of sp³-hybridized carbons (Fsp3) is 0.250. The Balaban J connectivity index is 1.55. The Kier molecular flexibility index (Phi) is 6.32. The molecule has 2 aromatic heterocycles. The molecule has 0 bridgehead atoms. The van der Waals surface area contributed by atoms with Crippen molar-refractivity contribution in [2.75, 3.05) is 5.32 Å². The SMILES string of the molecule is CC[C@@H](C)c1ccccc1NC(=O)[C@@H](C)Sc1ncnc2c1cnn2-c1ccccc1. The Morgan fingerprint density at radius 1 is 1.06 bits per heavy atom. The number of anilines is 1. The maximum atomic E-state index is 12.9. The van der Waals surface area contributed by atoms with E-state index in [1.807, 2.05) is 55.5 Å². The van der Waals surface area contributed by atoms with E-state index in [2.05, 4.69) is 40.3 Å². The van der Waals surface area contributed by atoms with Crippen molar-refractivity contribution >= 4 is 34.4 Å². The number of carbonyl (C=O) groups excluding carboxylic acids is 1. The summed E-state index contributed by atoms with van der Waals surface area (Å²) < 4.78 is 1.79. The first-order valence-corrected chi connectivity index (χ1v) is 11.3. The minimum absolute atomic E-state index is 0.0528. The van der Waals surface area contributed by atoms with Crippen LogP contribution in [0.5, 0.6) is 0 Å². The Hall–Kier alpha value is -3.19. The molecule has 158 valence electrons. The zero-order chi connectivity index (χ0) is 21.8. The number of thioether (sulfide) groups is 1. The van der Waals surface area contributed by atoms with Gasteiger partial charge < -0.3 is 5.32 Å². The topological polar surface area (TPSA) is 72.7 Å². The molecule has 0 radical (unpaired) electrons. The van der Waals surface area contributed by atoms with Crippen molar-refractivity contribution < 1.29 is 4.79 Å². The van der Waals surface area contributed by atoms with Gasteiger partial charge in [-0.3, -0.25) is 4.79 Å². The molecular weight excluding hydrogens is 406 g/mol. The number of nitrogens with zero attached hydrogens (tertiary/aromatic N) is 4. The number of hydrogen-bond acceptors (Lipinski definition) is 5. The molecule has 2 heterocycles. The van der Waals surface area contributed by atoms with Gasteiger partial charge in [-0.25, -0.2) is 14.6 Å². The van der Waals surface area contributed by atoms with Crippen LogP contribution in [0.4, 0.5) is 5.69 Å². The van der Waals surface area contributed by atoms with E-state index in [9.17, 15) is 4.79 Å². The Labute approximate surface area is 186 Å². The fourth-order valence-electron chi connectivity index (χ4n) is 3.39. The minimum atomic E-state index is -0.330. The Bertz CT molecular complexity index is 1190. The van der Waals surface area contributed by atoms with Crippen LogP contribution in [0.25, 0.3) is 16.7 Å². The number of para-hydroxylation sites is 2. The lowest BCUT2D eigenvalue weighted by molar-refractivity contribution is -0.115. The molecule has 2 aromatic carbocycles. The van der Waals surface area contributed by atoms with E-state index in [1.165, 1.54) is 18.1 Å². The average Bonchev–Trinajstić information content (AvgIpc) is 3.24. The van der Waals surface area contributed by atoms with Gasteiger partial charge in [-0.1, -0.05) is 62.0 Å². The summed E-state index contributed by atoms with van der Waals surface area (Å²) in [6.45, 7) is 6.21. The Morgan fingerprint density at radius 2 is 1.81 bits per heavy atom. The lowest BCUT2D eigenvalue weighted by atomic mass is 9.97. The molecule has 6 nitrogen and oxygen atoms in total. The number of hydrogen-bond donors (Lipinski definition) is 1. The number of fused-ring (bicyclic) bond motifs is 1. The van der Waals surface area contributed by atoms with E-state index in [0.29, 0.717) is 5.92 Å². The van der Waals surface area contributed by atoms with Crippen molar-refractivity contribution in [2.24, 2.45) is 0 Å². The minimum Gasteiger partial charge on any atom is -0.325 e. The lowest BCUT2D eigenvalue weighted by Crippen LogP contribution is -2.23. The molecule has 0 fully saturated rings. The van der Waals surface area contributed by atoms with Crippen LogP contribution >= 0.6 is 11.8 Å². The van der Waals surface area contributed by atoms with E-state index in [-0.39, 0.29) is 11.2 Å². The van der Waals surface area contributed by atoms with Gasteiger partial charge in [0.15, 0.2) is 5.65 Å². The second kappa shape index (κ2) is 9.31. The van der Waals surface area contributed by atoms with Crippen LogP contribution in [0.1, 0.15) is 38.7 Å². The van der Waals surface area contributed by atoms with Gasteiger partial charge in [0.05, 0.1) is 22.5 Å². The maximum absolute atomic E-state index is 12.9. The van der Waals surface area contributed by atoms with Crippen LogP contribution in [-0.4, -0.2) is 30.9 Å². The molecule has 4 rings (SSSR count). The van der Waals surface area contributed by atoms with Gasteiger partial charge in [0.25, 0.3) is 0 Å². The molecule has 31 heavy (non-hydrogen) atoms. The second-order valence-electron chi connectivity index (χ2n) is 7.45. The summed E-state index contributed by atoms with van der Waals surface area (Å²) in [6.07, 6.45) is 4.30. The molecule has 0 spiro atoms. The van der Waals surface area contributed by atoms with E-state index in [0.717, 1.165) is 39.4 Å². The van der Waals surface area contributed by atoms with Crippen molar-refractivity contribution in [3.63, 3.8) is 0 Å². The van der Waals surface area contributed by atoms with Crippen LogP contribution in [0.2, 0.25) is 0 Å². The molecule has 7 heteroatoms. The van der Waals surface area contributed by atoms with Crippen LogP contribution < -0.4 is 5.32 Å². The van der Waals surface area contributed by atoms with Crippen molar-refractivity contribution in [3.05, 3.63) is 72.7 Å². The van der Waals surface area contributed by atoms with E-state index in [1.54, 1.807) is 10.9 Å². The first kappa shape index (κ1) is 21.1. The molecule has 0 unspecified atom stereocenters. The predicted molar refractivity (Wildman–Crippen MR) is 126 cm³/mol. The number of nitrogens with one attached hydrogen (secondary N) is 1. The van der Waals surface area contributed by atoms with Gasteiger partial charge in [0, 0.05) is 5.69 Å². The monoisotopic (exact) mass is 431 g/mol. The number of benzene rings is 2. The summed E-state index contributed by atoms with van der Waals surface area (Å²) in [5, 5.41) is 8.83. The van der Waals surface area contributed by atoms with Crippen molar-refractivity contribution in [2.45, 2.75) is 43.4 Å². The molecule has 0 saturated heterocycles. The lowest BCUT2D eigenvalue weighted by Gasteiger charge is -2.17. The summed E-state index contributed by atoms with van der Waals surface area (Å²) in [4.78, 5) is 21.8. The van der Waals surface area contributed by atoms with E-state index >= 15 is 0 Å². The van der Waals surface area contributed by atoms with Crippen molar-refractivity contribution in [1.29, 1.82) is 0 Å². The standard InChI is InChI=1S/C24H25N5OS/c1-4-16(2)19-12-8-9-13-21(19)28-23(30)17(3)31-24-20-14-27-29(22(20)25-15-26-24)18-10-6-5-7-11-18/h5-17H,4H2,1-3H3,(H,28,30)/t16-,17-/m1/s1. The number of rotatable bonds is 7. The number of carbonyl (C=O) groups is 1. The average molecular weight is 432 g/mol. The van der Waals surface area contributed by atoms with Crippen LogP contribution in [0.15, 0.2) is 72.1 Å². The summed E-state index contributed by atoms with van der Waals surface area (Å²) in [5.74, 6) is 0.327. The Morgan fingerprint density at radius 3 is 2.58 bits per heavy atom. The van der Waals surface area contributed by atoms with Crippen molar-refractivity contribution in [1.82, 2.24) is 19.7 Å². The third kappa shape index (κ3) is 4.46. The van der Waals surface area contributed by atoms with Crippen LogP contribution in [-0.2, 0) is 4.79 Å². The van der Waals surface area contributed by atoms with Gasteiger partial charge in [0.1, 0.15) is 11.4 Å². The van der Waals surface area contributed by atoms with E-state index in [4.69, 9.17) is 0 Å². The van der Waals surface area contributed by atoms with Gasteiger partial charge in [0.2, 0.25) is 5.91 Å². The molecule has 0 aliphatic carbocycles. The molecule has 0 aliphatic rings. The first-order chi connectivity index (χ1) is 15.1. The zero-order valence-electron chi connectivity index (χ0n) is 17.8. The van der Waals surface area contributed by atoms with Crippen LogP contribution in [0, 0.1) is 0 Å². The zero-order valence-corrected chi connectivity index (χ0v) is 18.6. The van der Waals surface area contributed by atoms with Crippen LogP contribution in [0.3, 0.4) is 0 Å². The number of amides is 1. The highest BCUT2D eigenvalue weighted by molar-refractivity contribution is 8.00. The third-order valence-electron chi connectivity index (χ3n) is 5.35. The summed E-state index contributed by atoms with van der Waals surface area (Å²) in [7, 11) is 0.